The molecule has 6 nitrogen and oxygen atoms in total. The van der Waals surface area contributed by atoms with Crippen molar-refractivity contribution in [2.24, 2.45) is 0 Å². The molecule has 0 fully saturated rings. The van der Waals surface area contributed by atoms with Gasteiger partial charge in [-0.3, -0.25) is 9.59 Å². The Kier molecular flexibility index (Phi) is 5.37. The molecule has 0 saturated heterocycles. The van der Waals surface area contributed by atoms with Crippen LogP contribution in [0.15, 0.2) is 18.2 Å². The Morgan fingerprint density at radius 1 is 1.25 bits per heavy atom. The number of carbonyl (C=O) groups is 2. The lowest BCUT2D eigenvalue weighted by Gasteiger charge is -2.16. The van der Waals surface area contributed by atoms with Gasteiger partial charge in [0.05, 0.1) is 17.9 Å². The van der Waals surface area contributed by atoms with E-state index < -0.39 is 0 Å². The highest BCUT2D eigenvalue weighted by atomic mass is 16.2. The van der Waals surface area contributed by atoms with Gasteiger partial charge in [-0.15, -0.1) is 0 Å². The normalized spacial score (nSPS) is 10.0. The van der Waals surface area contributed by atoms with Gasteiger partial charge >= 0.3 is 0 Å². The summed E-state index contributed by atoms with van der Waals surface area (Å²) in [6, 6.07) is 5.01. The van der Waals surface area contributed by atoms with E-state index in [1.54, 1.807) is 44.2 Å². The molecule has 0 heterocycles. The van der Waals surface area contributed by atoms with Gasteiger partial charge in [-0.05, 0) is 25.1 Å². The average Bonchev–Trinajstić information content (AvgIpc) is 2.43. The summed E-state index contributed by atoms with van der Waals surface area (Å²) in [6.45, 7) is 2.75. The summed E-state index contributed by atoms with van der Waals surface area (Å²) in [5.74, 6) is -0.120. The van der Waals surface area contributed by atoms with Gasteiger partial charge in [0.25, 0.3) is 5.91 Å². The summed E-state index contributed by atoms with van der Waals surface area (Å²) in [7, 11) is 5.11. The number of nitrogens with zero attached hydrogens (tertiary/aromatic N) is 2. The van der Waals surface area contributed by atoms with Crippen LogP contribution in [0.2, 0.25) is 0 Å². The van der Waals surface area contributed by atoms with Gasteiger partial charge in [0.2, 0.25) is 5.91 Å². The van der Waals surface area contributed by atoms with Gasteiger partial charge in [0.15, 0.2) is 0 Å². The van der Waals surface area contributed by atoms with Crippen molar-refractivity contribution in [1.29, 1.82) is 0 Å². The zero-order valence-electron chi connectivity index (χ0n) is 12.4. The Balaban J connectivity index is 2.74. The van der Waals surface area contributed by atoms with Crippen LogP contribution in [-0.2, 0) is 4.79 Å². The molecule has 20 heavy (non-hydrogen) atoms. The smallest absolute Gasteiger partial charge is 0.253 e. The fraction of sp³-hybridized carbons (Fsp3) is 0.429. The summed E-state index contributed by atoms with van der Waals surface area (Å²) in [6.07, 6.45) is 0. The number of anilines is 2. The number of hydrogen-bond acceptors (Lipinski definition) is 4. The molecule has 1 rings (SSSR count). The molecule has 0 aliphatic carbocycles. The summed E-state index contributed by atoms with van der Waals surface area (Å²) in [5.41, 5.74) is 7.52. The van der Waals surface area contributed by atoms with Crippen LogP contribution in [0, 0.1) is 0 Å². The molecule has 6 heteroatoms. The molecule has 1 aromatic rings. The lowest BCUT2D eigenvalue weighted by atomic mass is 10.1. The van der Waals surface area contributed by atoms with Gasteiger partial charge in [0, 0.05) is 33.3 Å². The second-order valence-electron chi connectivity index (χ2n) is 4.76. The van der Waals surface area contributed by atoms with Crippen molar-refractivity contribution >= 4 is 23.2 Å². The minimum atomic E-state index is -0.106. The van der Waals surface area contributed by atoms with Crippen molar-refractivity contribution in [3.63, 3.8) is 0 Å². The maximum absolute atomic E-state index is 11.8. The lowest BCUT2D eigenvalue weighted by Crippen LogP contribution is -2.32. The topological polar surface area (TPSA) is 78.7 Å². The fourth-order valence-corrected chi connectivity index (χ4v) is 1.60. The highest BCUT2D eigenvalue weighted by Gasteiger charge is 2.11. The van der Waals surface area contributed by atoms with E-state index in [2.05, 4.69) is 5.32 Å². The number of rotatable bonds is 5. The molecule has 3 N–H and O–H groups in total. The van der Waals surface area contributed by atoms with Gasteiger partial charge in [-0.25, -0.2) is 0 Å². The van der Waals surface area contributed by atoms with E-state index in [9.17, 15) is 9.59 Å². The Morgan fingerprint density at radius 3 is 2.40 bits per heavy atom. The van der Waals surface area contributed by atoms with Crippen molar-refractivity contribution in [1.82, 2.24) is 9.80 Å². The number of hydrogen-bond donors (Lipinski definition) is 2. The van der Waals surface area contributed by atoms with Crippen LogP contribution in [-0.4, -0.2) is 55.8 Å². The van der Waals surface area contributed by atoms with E-state index in [0.717, 1.165) is 0 Å². The van der Waals surface area contributed by atoms with Crippen LogP contribution >= 0.6 is 0 Å². The van der Waals surface area contributed by atoms with Gasteiger partial charge in [0.1, 0.15) is 0 Å². The van der Waals surface area contributed by atoms with E-state index in [0.29, 0.717) is 23.5 Å². The molecule has 0 aliphatic heterocycles. The van der Waals surface area contributed by atoms with E-state index in [1.165, 1.54) is 4.90 Å². The van der Waals surface area contributed by atoms with Crippen molar-refractivity contribution in [2.75, 3.05) is 45.3 Å². The number of amides is 2. The standard InChI is InChI=1S/C14H22N4O2/c1-5-18(4)13(19)9-16-12-7-6-10(8-11(12)15)14(20)17(2)3/h6-8,16H,5,9,15H2,1-4H3. The Labute approximate surface area is 119 Å². The Bertz CT molecular complexity index is 500. The molecule has 1 aromatic carbocycles. The zero-order chi connectivity index (χ0) is 15.3. The number of likely N-dealkylation sites (N-methyl/N-ethyl adjacent to an activating group) is 1. The second-order valence-corrected chi connectivity index (χ2v) is 4.76. The average molecular weight is 278 g/mol. The number of nitrogen functional groups attached to an aromatic ring is 1. The molecule has 0 spiro atoms. The van der Waals surface area contributed by atoms with Crippen LogP contribution in [0.25, 0.3) is 0 Å². The van der Waals surface area contributed by atoms with Crippen LogP contribution in [0.4, 0.5) is 11.4 Å². The van der Waals surface area contributed by atoms with E-state index in [-0.39, 0.29) is 18.4 Å². The first kappa shape index (κ1) is 15.8. The minimum absolute atomic E-state index is 0.0136. The van der Waals surface area contributed by atoms with E-state index >= 15 is 0 Å². The highest BCUT2D eigenvalue weighted by Crippen LogP contribution is 2.20. The molecule has 110 valence electrons. The van der Waals surface area contributed by atoms with Crippen LogP contribution in [0.5, 0.6) is 0 Å². The molecule has 0 bridgehead atoms. The first-order valence-electron chi connectivity index (χ1n) is 6.45. The quantitative estimate of drug-likeness (QED) is 0.783. The van der Waals surface area contributed by atoms with Crippen LogP contribution < -0.4 is 11.1 Å². The summed E-state index contributed by atoms with van der Waals surface area (Å²) < 4.78 is 0. The third-order valence-corrected chi connectivity index (χ3v) is 3.03. The van der Waals surface area contributed by atoms with Gasteiger partial charge in [-0.2, -0.15) is 0 Å². The van der Waals surface area contributed by atoms with Crippen molar-refractivity contribution in [3.8, 4) is 0 Å². The lowest BCUT2D eigenvalue weighted by molar-refractivity contribution is -0.127. The summed E-state index contributed by atoms with van der Waals surface area (Å²) in [5, 5.41) is 2.98. The maximum atomic E-state index is 11.8. The van der Waals surface area contributed by atoms with Crippen molar-refractivity contribution in [2.45, 2.75) is 6.92 Å². The number of nitrogens with two attached hydrogens (primary N) is 1. The molecule has 0 aliphatic rings. The van der Waals surface area contributed by atoms with Crippen molar-refractivity contribution < 1.29 is 9.59 Å². The monoisotopic (exact) mass is 278 g/mol. The van der Waals surface area contributed by atoms with Crippen LogP contribution in [0.1, 0.15) is 17.3 Å². The minimum Gasteiger partial charge on any atom is -0.397 e. The molecule has 2 amide bonds. The fourth-order valence-electron chi connectivity index (χ4n) is 1.60. The van der Waals surface area contributed by atoms with E-state index in [1.807, 2.05) is 6.92 Å². The first-order valence-corrected chi connectivity index (χ1v) is 6.45. The summed E-state index contributed by atoms with van der Waals surface area (Å²) >= 11 is 0. The Morgan fingerprint density at radius 2 is 1.90 bits per heavy atom. The number of nitrogens with one attached hydrogen (secondary N) is 1. The largest absolute Gasteiger partial charge is 0.397 e. The molecular weight excluding hydrogens is 256 g/mol. The molecule has 0 radical (unpaired) electrons. The van der Waals surface area contributed by atoms with Gasteiger partial charge < -0.3 is 20.9 Å². The third-order valence-electron chi connectivity index (χ3n) is 3.03. The predicted molar refractivity (Wildman–Crippen MR) is 80.7 cm³/mol. The number of benzene rings is 1. The molecular formula is C14H22N4O2. The SMILES string of the molecule is CCN(C)C(=O)CNc1ccc(C(=O)N(C)C)cc1N. The molecule has 0 atom stereocenters. The van der Waals surface area contributed by atoms with E-state index in [4.69, 9.17) is 5.73 Å². The second kappa shape index (κ2) is 6.79. The van der Waals surface area contributed by atoms with Gasteiger partial charge in [-0.1, -0.05) is 0 Å². The Hall–Kier alpha value is -2.24. The van der Waals surface area contributed by atoms with Crippen molar-refractivity contribution in [3.05, 3.63) is 23.8 Å². The number of carbonyl (C=O) groups excluding carboxylic acids is 2. The third kappa shape index (κ3) is 3.88. The molecule has 0 unspecified atom stereocenters. The molecule has 0 saturated carbocycles. The zero-order valence-corrected chi connectivity index (χ0v) is 12.4. The summed E-state index contributed by atoms with van der Waals surface area (Å²) in [4.78, 5) is 26.6. The first-order chi connectivity index (χ1) is 9.36. The highest BCUT2D eigenvalue weighted by molar-refractivity contribution is 5.96. The predicted octanol–water partition coefficient (Wildman–Crippen LogP) is 0.861. The maximum Gasteiger partial charge on any atom is 0.253 e. The van der Waals surface area contributed by atoms with Crippen LogP contribution in [0.3, 0.4) is 0 Å². The molecule has 0 aromatic heterocycles.